The first kappa shape index (κ1) is 16.6. The molecule has 0 aliphatic carbocycles. The molecule has 1 N–H and O–H groups in total. The lowest BCUT2D eigenvalue weighted by Crippen LogP contribution is -2.47. The number of nitrogens with zero attached hydrogens (tertiary/aromatic N) is 2. The minimum Gasteiger partial charge on any atom is -0.444 e. The largest absolute Gasteiger partial charge is 0.444 e. The highest BCUT2D eigenvalue weighted by atomic mass is 16.6. The lowest BCUT2D eigenvalue weighted by atomic mass is 10.0. The quantitative estimate of drug-likeness (QED) is 0.864. The Morgan fingerprint density at radius 3 is 2.38 bits per heavy atom. The van der Waals surface area contributed by atoms with Crippen molar-refractivity contribution in [2.75, 3.05) is 39.8 Å². The molecule has 0 radical (unpaired) electrons. The molecule has 2 rings (SSSR count). The van der Waals surface area contributed by atoms with Crippen molar-refractivity contribution in [3.63, 3.8) is 0 Å². The van der Waals surface area contributed by atoms with Crippen LogP contribution in [0.2, 0.25) is 0 Å². The molecule has 0 spiro atoms. The molecule has 1 atom stereocenters. The molecule has 0 saturated carbocycles. The summed E-state index contributed by atoms with van der Waals surface area (Å²) in [5.41, 5.74) is -0.402. The van der Waals surface area contributed by atoms with Crippen molar-refractivity contribution in [2.24, 2.45) is 5.92 Å². The molecule has 1 unspecified atom stereocenters. The molecule has 5 nitrogen and oxygen atoms in total. The number of likely N-dealkylation sites (tertiary alicyclic amines) is 2. The molecule has 1 amide bonds. The van der Waals surface area contributed by atoms with Crippen LogP contribution in [0, 0.1) is 5.92 Å². The summed E-state index contributed by atoms with van der Waals surface area (Å²) >= 11 is 0. The first-order valence-electron chi connectivity index (χ1n) is 8.23. The summed E-state index contributed by atoms with van der Waals surface area (Å²) in [6.07, 6.45) is 3.20. The predicted octanol–water partition coefficient (Wildman–Crippen LogP) is 1.93. The summed E-state index contributed by atoms with van der Waals surface area (Å²) in [6.45, 7) is 10.9. The Labute approximate surface area is 129 Å². The van der Waals surface area contributed by atoms with E-state index in [4.69, 9.17) is 4.74 Å². The van der Waals surface area contributed by atoms with E-state index < -0.39 is 5.60 Å². The summed E-state index contributed by atoms with van der Waals surface area (Å²) in [5, 5.41) is 3.69. The van der Waals surface area contributed by atoms with E-state index in [1.54, 1.807) is 0 Å². The third-order valence-corrected chi connectivity index (χ3v) is 4.33. The van der Waals surface area contributed by atoms with Crippen LogP contribution in [0.3, 0.4) is 0 Å². The second-order valence-corrected chi connectivity index (χ2v) is 7.57. The first-order chi connectivity index (χ1) is 9.83. The monoisotopic (exact) mass is 297 g/mol. The minimum absolute atomic E-state index is 0.168. The Morgan fingerprint density at radius 1 is 1.19 bits per heavy atom. The molecule has 2 fully saturated rings. The zero-order chi connectivity index (χ0) is 15.5. The first-order valence-corrected chi connectivity index (χ1v) is 8.23. The Morgan fingerprint density at radius 2 is 1.86 bits per heavy atom. The number of carbonyl (C=O) groups excluding carboxylic acids is 1. The van der Waals surface area contributed by atoms with Crippen molar-refractivity contribution >= 4 is 6.09 Å². The number of rotatable bonds is 3. The van der Waals surface area contributed by atoms with E-state index in [2.05, 4.69) is 17.3 Å². The van der Waals surface area contributed by atoms with Gasteiger partial charge in [-0.05, 0) is 66.1 Å². The summed E-state index contributed by atoms with van der Waals surface area (Å²) in [4.78, 5) is 16.2. The van der Waals surface area contributed by atoms with Gasteiger partial charge in [0.2, 0.25) is 0 Å². The second-order valence-electron chi connectivity index (χ2n) is 7.57. The SMILES string of the molecule is CN1CCC(CNC2CCN(C(=O)OC(C)(C)C)CC2)C1. The normalized spacial score (nSPS) is 25.3. The molecule has 0 aromatic rings. The van der Waals surface area contributed by atoms with Crippen LogP contribution < -0.4 is 5.32 Å². The Hall–Kier alpha value is -0.810. The van der Waals surface area contributed by atoms with E-state index in [9.17, 15) is 4.79 Å². The summed E-state index contributed by atoms with van der Waals surface area (Å²) in [5.74, 6) is 0.791. The van der Waals surface area contributed by atoms with Crippen molar-refractivity contribution in [3.05, 3.63) is 0 Å². The summed E-state index contributed by atoms with van der Waals surface area (Å²) < 4.78 is 5.43. The van der Waals surface area contributed by atoms with E-state index in [0.29, 0.717) is 6.04 Å². The van der Waals surface area contributed by atoms with Crippen LogP contribution in [0.5, 0.6) is 0 Å². The van der Waals surface area contributed by atoms with Gasteiger partial charge < -0.3 is 19.9 Å². The fourth-order valence-corrected chi connectivity index (χ4v) is 3.12. The van der Waals surface area contributed by atoms with Gasteiger partial charge in [-0.2, -0.15) is 0 Å². The van der Waals surface area contributed by atoms with Crippen molar-refractivity contribution in [1.82, 2.24) is 15.1 Å². The number of hydrogen-bond donors (Lipinski definition) is 1. The van der Waals surface area contributed by atoms with E-state index in [-0.39, 0.29) is 6.09 Å². The van der Waals surface area contributed by atoms with Gasteiger partial charge in [-0.1, -0.05) is 0 Å². The highest BCUT2D eigenvalue weighted by molar-refractivity contribution is 5.68. The molecular formula is C16H31N3O2. The van der Waals surface area contributed by atoms with Crippen molar-refractivity contribution < 1.29 is 9.53 Å². The van der Waals surface area contributed by atoms with Crippen LogP contribution in [0.1, 0.15) is 40.0 Å². The minimum atomic E-state index is -0.402. The average Bonchev–Trinajstić information content (AvgIpc) is 2.81. The van der Waals surface area contributed by atoms with Crippen molar-refractivity contribution in [1.29, 1.82) is 0 Å². The number of hydrogen-bond acceptors (Lipinski definition) is 4. The predicted molar refractivity (Wildman–Crippen MR) is 84.4 cm³/mol. The van der Waals surface area contributed by atoms with Crippen molar-refractivity contribution in [2.45, 2.75) is 51.7 Å². The van der Waals surface area contributed by atoms with E-state index >= 15 is 0 Å². The number of carbonyl (C=O) groups is 1. The standard InChI is InChI=1S/C16H31N3O2/c1-16(2,3)21-15(20)19-9-6-14(7-10-19)17-11-13-5-8-18(4)12-13/h13-14,17H,5-12H2,1-4H3. The smallest absolute Gasteiger partial charge is 0.410 e. The van der Waals surface area contributed by atoms with Crippen LogP contribution in [-0.2, 0) is 4.74 Å². The molecule has 21 heavy (non-hydrogen) atoms. The highest BCUT2D eigenvalue weighted by Crippen LogP contribution is 2.17. The molecule has 0 bridgehead atoms. The van der Waals surface area contributed by atoms with Gasteiger partial charge >= 0.3 is 6.09 Å². The van der Waals surface area contributed by atoms with Crippen LogP contribution in [0.4, 0.5) is 4.79 Å². The van der Waals surface area contributed by atoms with Crippen LogP contribution in [-0.4, -0.2) is 67.3 Å². The zero-order valence-corrected chi connectivity index (χ0v) is 14.0. The Bertz CT molecular complexity index is 346. The molecule has 2 aliphatic heterocycles. The molecule has 2 saturated heterocycles. The van der Waals surface area contributed by atoms with E-state index in [1.807, 2.05) is 25.7 Å². The third-order valence-electron chi connectivity index (χ3n) is 4.33. The Kier molecular flexibility index (Phi) is 5.49. The second kappa shape index (κ2) is 6.97. The topological polar surface area (TPSA) is 44.8 Å². The molecule has 2 heterocycles. The van der Waals surface area contributed by atoms with Gasteiger partial charge in [0, 0.05) is 25.7 Å². The van der Waals surface area contributed by atoms with Gasteiger partial charge in [-0.15, -0.1) is 0 Å². The van der Waals surface area contributed by atoms with Crippen molar-refractivity contribution in [3.8, 4) is 0 Å². The molecule has 0 aromatic carbocycles. The average molecular weight is 297 g/mol. The number of ether oxygens (including phenoxy) is 1. The zero-order valence-electron chi connectivity index (χ0n) is 14.0. The van der Waals surface area contributed by atoms with Gasteiger partial charge in [0.15, 0.2) is 0 Å². The van der Waals surface area contributed by atoms with Gasteiger partial charge in [0.1, 0.15) is 5.60 Å². The number of amides is 1. The van der Waals surface area contributed by atoms with E-state index in [1.165, 1.54) is 19.5 Å². The molecule has 0 aromatic heterocycles. The molecule has 2 aliphatic rings. The molecule has 122 valence electrons. The van der Waals surface area contributed by atoms with Gasteiger partial charge in [-0.3, -0.25) is 0 Å². The maximum atomic E-state index is 12.0. The molecular weight excluding hydrogens is 266 g/mol. The van der Waals surface area contributed by atoms with Crippen LogP contribution in [0.15, 0.2) is 0 Å². The summed E-state index contributed by atoms with van der Waals surface area (Å²) in [6, 6.07) is 0.551. The van der Waals surface area contributed by atoms with Crippen LogP contribution >= 0.6 is 0 Å². The third kappa shape index (κ3) is 5.47. The number of nitrogens with one attached hydrogen (secondary N) is 1. The molecule has 5 heteroatoms. The Balaban J connectivity index is 1.65. The lowest BCUT2D eigenvalue weighted by Gasteiger charge is -2.34. The van der Waals surface area contributed by atoms with Gasteiger partial charge in [0.05, 0.1) is 0 Å². The summed E-state index contributed by atoms with van der Waals surface area (Å²) in [7, 11) is 2.19. The lowest BCUT2D eigenvalue weighted by molar-refractivity contribution is 0.0197. The fourth-order valence-electron chi connectivity index (χ4n) is 3.12. The maximum absolute atomic E-state index is 12.0. The fraction of sp³-hybridized carbons (Fsp3) is 0.938. The van der Waals surface area contributed by atoms with E-state index in [0.717, 1.165) is 38.4 Å². The highest BCUT2D eigenvalue weighted by Gasteiger charge is 2.27. The van der Waals surface area contributed by atoms with Gasteiger partial charge in [-0.25, -0.2) is 4.79 Å². The van der Waals surface area contributed by atoms with Gasteiger partial charge in [0.25, 0.3) is 0 Å². The number of piperidine rings is 1. The maximum Gasteiger partial charge on any atom is 0.410 e. The van der Waals surface area contributed by atoms with Crippen LogP contribution in [0.25, 0.3) is 0 Å².